The maximum absolute atomic E-state index is 11.8. The predicted molar refractivity (Wildman–Crippen MR) is 64.3 cm³/mol. The Kier molecular flexibility index (Phi) is 5.01. The smallest absolute Gasteiger partial charge is 0.416 e. The lowest BCUT2D eigenvalue weighted by molar-refractivity contribution is -0.126. The van der Waals surface area contributed by atoms with Crippen molar-refractivity contribution >= 4 is 40.4 Å². The van der Waals surface area contributed by atoms with Crippen LogP contribution < -0.4 is 0 Å². The molecule has 1 fully saturated rings. The molecule has 1 atom stereocenters. The van der Waals surface area contributed by atoms with Crippen LogP contribution in [0.5, 0.6) is 0 Å². The maximum Gasteiger partial charge on any atom is 0.416 e. The lowest BCUT2D eigenvalue weighted by Crippen LogP contribution is -2.37. The van der Waals surface area contributed by atoms with Gasteiger partial charge in [-0.25, -0.2) is 9.69 Å². The largest absolute Gasteiger partial charge is 0.479 e. The van der Waals surface area contributed by atoms with Gasteiger partial charge in [-0.3, -0.25) is 4.79 Å². The fourth-order valence-corrected chi connectivity index (χ4v) is 2.41. The van der Waals surface area contributed by atoms with Gasteiger partial charge in [-0.15, -0.1) is 0 Å². The van der Waals surface area contributed by atoms with Crippen LogP contribution in [0.1, 0.15) is 13.8 Å². The molecule has 0 spiro atoms. The van der Waals surface area contributed by atoms with Crippen LogP contribution in [0, 0.1) is 0 Å². The van der Waals surface area contributed by atoms with E-state index in [0.29, 0.717) is 17.5 Å². The van der Waals surface area contributed by atoms with Crippen LogP contribution in [-0.2, 0) is 14.3 Å². The molecule has 1 saturated heterocycles. The quantitative estimate of drug-likeness (QED) is 0.718. The Hall–Kier alpha value is -0.820. The normalized spacial score (nSPS) is 16.9. The Labute approximate surface area is 103 Å². The molecule has 1 aliphatic rings. The van der Waals surface area contributed by atoms with Crippen molar-refractivity contribution in [3.05, 3.63) is 0 Å². The molecule has 1 heterocycles. The minimum absolute atomic E-state index is 0.262. The highest BCUT2D eigenvalue weighted by atomic mass is 32.2. The monoisotopic (exact) mass is 263 g/mol. The Bertz CT molecular complexity index is 308. The van der Waals surface area contributed by atoms with Gasteiger partial charge in [0.2, 0.25) is 10.3 Å². The van der Waals surface area contributed by atoms with Crippen LogP contribution in [0.15, 0.2) is 0 Å². The number of imide groups is 1. The van der Waals surface area contributed by atoms with E-state index in [1.54, 1.807) is 6.92 Å². The van der Waals surface area contributed by atoms with Crippen molar-refractivity contribution in [2.45, 2.75) is 19.1 Å². The van der Waals surface area contributed by atoms with E-state index in [9.17, 15) is 9.59 Å². The number of thioether (sulfide) groups is 1. The number of hydrogen-bond acceptors (Lipinski definition) is 6. The summed E-state index contributed by atoms with van der Waals surface area (Å²) in [6.45, 7) is 4.54. The van der Waals surface area contributed by atoms with Crippen LogP contribution in [0.4, 0.5) is 4.79 Å². The minimum atomic E-state index is -0.584. The molecule has 0 aromatic heterocycles. The van der Waals surface area contributed by atoms with Crippen LogP contribution in [0.2, 0.25) is 0 Å². The van der Waals surface area contributed by atoms with Crippen LogP contribution in [0.3, 0.4) is 0 Å². The lowest BCUT2D eigenvalue weighted by Gasteiger charge is -2.16. The molecule has 0 aliphatic carbocycles. The number of ether oxygens (including phenoxy) is 2. The van der Waals surface area contributed by atoms with E-state index in [2.05, 4.69) is 4.74 Å². The molecular formula is C9H13NO4S2. The molecule has 16 heavy (non-hydrogen) atoms. The number of carbonyl (C=O) groups is 2. The summed E-state index contributed by atoms with van der Waals surface area (Å²) < 4.78 is 10.1. The van der Waals surface area contributed by atoms with Gasteiger partial charge < -0.3 is 9.47 Å². The number of hydrogen-bond donors (Lipinski definition) is 0. The Morgan fingerprint density at radius 3 is 2.94 bits per heavy atom. The minimum Gasteiger partial charge on any atom is -0.479 e. The van der Waals surface area contributed by atoms with E-state index in [4.69, 9.17) is 17.0 Å². The van der Waals surface area contributed by atoms with Gasteiger partial charge in [-0.1, -0.05) is 11.8 Å². The highest BCUT2D eigenvalue weighted by Gasteiger charge is 2.32. The number of carbonyl (C=O) groups excluding carboxylic acids is 2. The highest BCUT2D eigenvalue weighted by molar-refractivity contribution is 8.23. The van der Waals surface area contributed by atoms with Gasteiger partial charge in [-0.05, 0) is 26.1 Å². The fraction of sp³-hybridized carbons (Fsp3) is 0.667. The van der Waals surface area contributed by atoms with Crippen molar-refractivity contribution in [1.82, 2.24) is 4.90 Å². The summed E-state index contributed by atoms with van der Waals surface area (Å²) in [6, 6.07) is 0. The maximum atomic E-state index is 11.8. The van der Waals surface area contributed by atoms with E-state index in [0.717, 1.165) is 16.7 Å². The molecule has 0 aromatic rings. The summed E-state index contributed by atoms with van der Waals surface area (Å²) in [7, 11) is 0. The summed E-state index contributed by atoms with van der Waals surface area (Å²) in [5.41, 5.74) is 0. The summed E-state index contributed by atoms with van der Waals surface area (Å²) in [5.74, 6) is -0.297. The number of amides is 2. The third-order valence-electron chi connectivity index (χ3n) is 1.91. The molecule has 5 nitrogen and oxygen atoms in total. The number of cyclic esters (lactones) is 1. The van der Waals surface area contributed by atoms with Crippen LogP contribution in [0.25, 0.3) is 0 Å². The SMILES string of the molecule is CCOC(=S)SC(C)C(=O)N1CCOC1=O. The zero-order valence-corrected chi connectivity index (χ0v) is 10.7. The first-order valence-electron chi connectivity index (χ1n) is 4.87. The molecule has 0 saturated carbocycles. The van der Waals surface area contributed by atoms with Gasteiger partial charge in [0, 0.05) is 0 Å². The second kappa shape index (κ2) is 6.05. The Morgan fingerprint density at radius 1 is 1.75 bits per heavy atom. The Morgan fingerprint density at radius 2 is 2.44 bits per heavy atom. The summed E-state index contributed by atoms with van der Waals surface area (Å²) in [5, 5.41) is -0.440. The molecule has 7 heteroatoms. The van der Waals surface area contributed by atoms with Crippen molar-refractivity contribution < 1.29 is 19.1 Å². The van der Waals surface area contributed by atoms with E-state index in [1.165, 1.54) is 0 Å². The van der Waals surface area contributed by atoms with Crippen molar-refractivity contribution in [3.63, 3.8) is 0 Å². The van der Waals surface area contributed by atoms with Crippen LogP contribution in [-0.4, -0.2) is 46.3 Å². The molecule has 1 rings (SSSR count). The van der Waals surface area contributed by atoms with E-state index in [1.807, 2.05) is 6.92 Å². The number of thiocarbonyl (C=S) groups is 1. The van der Waals surface area contributed by atoms with E-state index >= 15 is 0 Å². The standard InChI is InChI=1S/C9H13NO4S2/c1-3-13-9(15)16-6(2)7(11)10-4-5-14-8(10)12/h6H,3-5H2,1-2H3. The molecule has 2 amide bonds. The van der Waals surface area contributed by atoms with Gasteiger partial charge in [0.15, 0.2) is 0 Å². The second-order valence-electron chi connectivity index (χ2n) is 3.05. The highest BCUT2D eigenvalue weighted by Crippen LogP contribution is 2.18. The molecular weight excluding hydrogens is 250 g/mol. The Balaban J connectivity index is 2.47. The molecule has 0 radical (unpaired) electrons. The number of rotatable bonds is 3. The first-order valence-corrected chi connectivity index (χ1v) is 6.16. The lowest BCUT2D eigenvalue weighted by atomic mass is 10.4. The van der Waals surface area contributed by atoms with Crippen molar-refractivity contribution in [2.24, 2.45) is 0 Å². The van der Waals surface area contributed by atoms with Gasteiger partial charge in [-0.2, -0.15) is 0 Å². The zero-order chi connectivity index (χ0) is 12.1. The predicted octanol–water partition coefficient (Wildman–Crippen LogP) is 1.41. The average molecular weight is 263 g/mol. The van der Waals surface area contributed by atoms with Crippen molar-refractivity contribution in [3.8, 4) is 0 Å². The van der Waals surface area contributed by atoms with Crippen molar-refractivity contribution in [2.75, 3.05) is 19.8 Å². The average Bonchev–Trinajstić information content (AvgIpc) is 2.63. The molecule has 1 unspecified atom stereocenters. The first-order chi connectivity index (χ1) is 7.56. The van der Waals surface area contributed by atoms with Gasteiger partial charge in [0.05, 0.1) is 18.4 Å². The van der Waals surface area contributed by atoms with E-state index in [-0.39, 0.29) is 12.5 Å². The molecule has 90 valence electrons. The number of nitrogens with zero attached hydrogens (tertiary/aromatic N) is 1. The molecule has 1 aliphatic heterocycles. The molecule has 0 aromatic carbocycles. The fourth-order valence-electron chi connectivity index (χ4n) is 1.16. The third-order valence-corrected chi connectivity index (χ3v) is 3.18. The van der Waals surface area contributed by atoms with E-state index < -0.39 is 11.3 Å². The molecule has 0 N–H and O–H groups in total. The van der Waals surface area contributed by atoms with Crippen LogP contribution >= 0.6 is 24.0 Å². The zero-order valence-electron chi connectivity index (χ0n) is 9.10. The summed E-state index contributed by atoms with van der Waals surface area (Å²) >= 11 is 6.04. The van der Waals surface area contributed by atoms with Gasteiger partial charge in [0.25, 0.3) is 0 Å². The topological polar surface area (TPSA) is 55.8 Å². The van der Waals surface area contributed by atoms with Gasteiger partial charge in [0.1, 0.15) is 6.61 Å². The summed E-state index contributed by atoms with van der Waals surface area (Å²) in [6.07, 6.45) is -0.584. The molecule has 0 bridgehead atoms. The van der Waals surface area contributed by atoms with Crippen molar-refractivity contribution in [1.29, 1.82) is 0 Å². The third kappa shape index (κ3) is 3.34. The summed E-state index contributed by atoms with van der Waals surface area (Å²) in [4.78, 5) is 24.0. The first kappa shape index (κ1) is 13.2. The second-order valence-corrected chi connectivity index (χ2v) is 4.99. The van der Waals surface area contributed by atoms with Gasteiger partial charge >= 0.3 is 6.09 Å².